The van der Waals surface area contributed by atoms with E-state index in [-0.39, 0.29) is 24.2 Å². The van der Waals surface area contributed by atoms with Gasteiger partial charge in [-0.15, -0.1) is 0 Å². The van der Waals surface area contributed by atoms with E-state index < -0.39 is 28.5 Å². The van der Waals surface area contributed by atoms with Crippen LogP contribution >= 0.6 is 0 Å². The molecule has 2 aromatic carbocycles. The highest BCUT2D eigenvalue weighted by Gasteiger charge is 2.32. The number of sulfonamides is 1. The van der Waals surface area contributed by atoms with E-state index in [4.69, 9.17) is 9.47 Å². The maximum Gasteiger partial charge on any atom is 0.244 e. The first-order valence-electron chi connectivity index (χ1n) is 12.5. The van der Waals surface area contributed by atoms with Crippen LogP contribution in [-0.2, 0) is 26.2 Å². The van der Waals surface area contributed by atoms with Crippen molar-refractivity contribution in [2.75, 3.05) is 30.8 Å². The van der Waals surface area contributed by atoms with Crippen molar-refractivity contribution in [3.05, 3.63) is 54.1 Å². The highest BCUT2D eigenvalue weighted by atomic mass is 32.2. The van der Waals surface area contributed by atoms with Crippen LogP contribution in [0.3, 0.4) is 0 Å². The van der Waals surface area contributed by atoms with Gasteiger partial charge in [-0.2, -0.15) is 0 Å². The van der Waals surface area contributed by atoms with Crippen molar-refractivity contribution in [2.24, 2.45) is 0 Å². The molecular formula is C27H39N3O6S. The summed E-state index contributed by atoms with van der Waals surface area (Å²) in [4.78, 5) is 28.4. The number of nitrogens with zero attached hydrogens (tertiary/aromatic N) is 2. The molecule has 0 aliphatic rings. The van der Waals surface area contributed by atoms with E-state index in [2.05, 4.69) is 5.32 Å². The van der Waals surface area contributed by atoms with E-state index in [9.17, 15) is 18.0 Å². The lowest BCUT2D eigenvalue weighted by Gasteiger charge is -2.33. The van der Waals surface area contributed by atoms with Crippen LogP contribution in [0.25, 0.3) is 0 Å². The Hall–Kier alpha value is -3.27. The molecule has 204 valence electrons. The molecule has 9 nitrogen and oxygen atoms in total. The van der Waals surface area contributed by atoms with Gasteiger partial charge in [-0.25, -0.2) is 8.42 Å². The van der Waals surface area contributed by atoms with Gasteiger partial charge in [0.15, 0.2) is 0 Å². The lowest BCUT2D eigenvalue weighted by molar-refractivity contribution is -0.140. The Morgan fingerprint density at radius 1 is 1.00 bits per heavy atom. The van der Waals surface area contributed by atoms with Gasteiger partial charge in [0.05, 0.1) is 25.7 Å². The monoisotopic (exact) mass is 533 g/mol. The molecule has 0 aromatic heterocycles. The van der Waals surface area contributed by atoms with Gasteiger partial charge in [0, 0.05) is 12.6 Å². The quantitative estimate of drug-likeness (QED) is 0.398. The van der Waals surface area contributed by atoms with Crippen LogP contribution in [0.1, 0.15) is 46.1 Å². The van der Waals surface area contributed by atoms with Crippen LogP contribution in [0.2, 0.25) is 0 Å². The summed E-state index contributed by atoms with van der Waals surface area (Å²) >= 11 is 0. The number of anilines is 1. The molecule has 0 aliphatic heterocycles. The molecule has 1 N–H and O–H groups in total. The summed E-state index contributed by atoms with van der Waals surface area (Å²) in [6, 6.07) is 13.0. The highest BCUT2D eigenvalue weighted by Crippen LogP contribution is 2.30. The zero-order valence-electron chi connectivity index (χ0n) is 22.6. The van der Waals surface area contributed by atoms with Crippen LogP contribution in [0.4, 0.5) is 5.69 Å². The van der Waals surface area contributed by atoms with Gasteiger partial charge in [0.25, 0.3) is 0 Å². The third kappa shape index (κ3) is 8.38. The van der Waals surface area contributed by atoms with E-state index in [1.54, 1.807) is 50.4 Å². The second kappa shape index (κ2) is 13.9. The van der Waals surface area contributed by atoms with E-state index in [1.807, 2.05) is 32.9 Å². The Morgan fingerprint density at radius 3 is 2.19 bits per heavy atom. The molecule has 2 amide bonds. The van der Waals surface area contributed by atoms with E-state index in [0.29, 0.717) is 24.5 Å². The lowest BCUT2D eigenvalue weighted by Crippen LogP contribution is -2.53. The van der Waals surface area contributed by atoms with Gasteiger partial charge in [-0.1, -0.05) is 38.1 Å². The number of nitrogens with one attached hydrogen (secondary N) is 1. The largest absolute Gasteiger partial charge is 0.497 e. The molecule has 0 fully saturated rings. The van der Waals surface area contributed by atoms with Gasteiger partial charge in [0.1, 0.15) is 24.1 Å². The normalized spacial score (nSPS) is 12.8. The van der Waals surface area contributed by atoms with Crippen LogP contribution < -0.4 is 19.1 Å². The summed E-state index contributed by atoms with van der Waals surface area (Å²) < 4.78 is 37.6. The fourth-order valence-electron chi connectivity index (χ4n) is 3.82. The number of ether oxygens (including phenoxy) is 2. The molecule has 0 radical (unpaired) electrons. The average molecular weight is 534 g/mol. The second-order valence-electron chi connectivity index (χ2n) is 8.78. The van der Waals surface area contributed by atoms with Gasteiger partial charge >= 0.3 is 0 Å². The summed E-state index contributed by atoms with van der Waals surface area (Å²) in [5.41, 5.74) is 1.05. The molecule has 2 rings (SSSR count). The predicted molar refractivity (Wildman–Crippen MR) is 145 cm³/mol. The third-order valence-corrected chi connectivity index (χ3v) is 7.14. The topological polar surface area (TPSA) is 105 Å². The maximum atomic E-state index is 13.8. The van der Waals surface area contributed by atoms with E-state index in [1.165, 1.54) is 4.90 Å². The van der Waals surface area contributed by atoms with Gasteiger partial charge in [-0.05, 0) is 56.5 Å². The van der Waals surface area contributed by atoms with Crippen molar-refractivity contribution in [3.63, 3.8) is 0 Å². The number of para-hydroxylation sites is 2. The van der Waals surface area contributed by atoms with Crippen LogP contribution in [0.15, 0.2) is 48.5 Å². The third-order valence-electron chi connectivity index (χ3n) is 6.01. The SMILES string of the molecule is CCOc1ccccc1N(CC(=O)N(Cc1ccc(OC)cc1)C(CC)C(=O)NC(C)CC)S(C)(=O)=O. The van der Waals surface area contributed by atoms with Crippen molar-refractivity contribution >= 4 is 27.5 Å². The first-order chi connectivity index (χ1) is 17.5. The second-order valence-corrected chi connectivity index (χ2v) is 10.7. The molecule has 0 spiro atoms. The zero-order chi connectivity index (χ0) is 27.6. The summed E-state index contributed by atoms with van der Waals surface area (Å²) in [6.45, 7) is 7.47. The number of carbonyl (C=O) groups excluding carboxylic acids is 2. The molecule has 0 heterocycles. The number of hydrogen-bond donors (Lipinski definition) is 1. The van der Waals surface area contributed by atoms with Crippen molar-refractivity contribution < 1.29 is 27.5 Å². The minimum Gasteiger partial charge on any atom is -0.497 e. The van der Waals surface area contributed by atoms with Gasteiger partial charge < -0.3 is 19.7 Å². The standard InChI is InChI=1S/C27H39N3O6S/c1-7-20(4)28-27(32)23(8-2)29(18-21-14-16-22(35-5)17-15-21)26(31)19-30(37(6,33)34)24-12-10-11-13-25(24)36-9-3/h10-17,20,23H,7-9,18-19H2,1-6H3,(H,28,32). The van der Waals surface area contributed by atoms with Crippen molar-refractivity contribution in [1.82, 2.24) is 10.2 Å². The molecule has 10 heteroatoms. The van der Waals surface area contributed by atoms with Crippen molar-refractivity contribution in [3.8, 4) is 11.5 Å². The minimum atomic E-state index is -3.86. The number of carbonyl (C=O) groups is 2. The molecular weight excluding hydrogens is 494 g/mol. The Labute approximate surface area is 220 Å². The maximum absolute atomic E-state index is 13.8. The summed E-state index contributed by atoms with van der Waals surface area (Å²) in [7, 11) is -2.29. The fourth-order valence-corrected chi connectivity index (χ4v) is 4.68. The van der Waals surface area contributed by atoms with Gasteiger partial charge in [-0.3, -0.25) is 13.9 Å². The van der Waals surface area contributed by atoms with Crippen molar-refractivity contribution in [1.29, 1.82) is 0 Å². The predicted octanol–water partition coefficient (Wildman–Crippen LogP) is 3.58. The number of benzene rings is 2. The summed E-state index contributed by atoms with van der Waals surface area (Å²) in [6.07, 6.45) is 2.15. The molecule has 2 aromatic rings. The molecule has 2 unspecified atom stereocenters. The van der Waals surface area contributed by atoms with Crippen LogP contribution in [0, 0.1) is 0 Å². The number of hydrogen-bond acceptors (Lipinski definition) is 6. The molecule has 0 saturated carbocycles. The summed E-state index contributed by atoms with van der Waals surface area (Å²) in [5.74, 6) is 0.239. The molecule has 0 aliphatic carbocycles. The lowest BCUT2D eigenvalue weighted by atomic mass is 10.1. The molecule has 37 heavy (non-hydrogen) atoms. The van der Waals surface area contributed by atoms with E-state index in [0.717, 1.165) is 22.5 Å². The molecule has 0 saturated heterocycles. The number of amides is 2. The number of methoxy groups -OCH3 is 1. The molecule has 0 bridgehead atoms. The first kappa shape index (κ1) is 30.0. The van der Waals surface area contributed by atoms with Crippen LogP contribution in [-0.4, -0.2) is 63.7 Å². The Bertz CT molecular complexity index is 1140. The minimum absolute atomic E-state index is 0.0647. The smallest absolute Gasteiger partial charge is 0.244 e. The summed E-state index contributed by atoms with van der Waals surface area (Å²) in [5, 5.41) is 2.96. The van der Waals surface area contributed by atoms with E-state index >= 15 is 0 Å². The molecule has 2 atom stereocenters. The zero-order valence-corrected chi connectivity index (χ0v) is 23.4. The Kier molecular flexibility index (Phi) is 11.2. The fraction of sp³-hybridized carbons (Fsp3) is 0.481. The highest BCUT2D eigenvalue weighted by molar-refractivity contribution is 7.92. The van der Waals surface area contributed by atoms with Crippen molar-refractivity contribution in [2.45, 2.75) is 59.2 Å². The average Bonchev–Trinajstić information content (AvgIpc) is 2.87. The Morgan fingerprint density at radius 2 is 1.65 bits per heavy atom. The van der Waals surface area contributed by atoms with Gasteiger partial charge in [0.2, 0.25) is 21.8 Å². The first-order valence-corrected chi connectivity index (χ1v) is 14.3. The Balaban J connectivity index is 2.48. The van der Waals surface area contributed by atoms with Crippen LogP contribution in [0.5, 0.6) is 11.5 Å². The number of rotatable bonds is 14.